The molecule has 0 N–H and O–H groups in total. The highest BCUT2D eigenvalue weighted by Crippen LogP contribution is 2.51. The van der Waals surface area contributed by atoms with Crippen molar-refractivity contribution < 1.29 is 0 Å². The topological polar surface area (TPSA) is 0 Å². The van der Waals surface area contributed by atoms with E-state index >= 15 is 0 Å². The van der Waals surface area contributed by atoms with Crippen LogP contribution < -0.4 is 0 Å². The first kappa shape index (κ1) is 20.0. The minimum Gasteiger partial charge on any atom is -0.0654 e. The summed E-state index contributed by atoms with van der Waals surface area (Å²) in [7, 11) is 0. The quantitative estimate of drug-likeness (QED) is 0.320. The van der Waals surface area contributed by atoms with Crippen LogP contribution >= 0.6 is 0 Å². The summed E-state index contributed by atoms with van der Waals surface area (Å²) in [5.41, 5.74) is 0.684. The Kier molecular flexibility index (Phi) is 9.76. The molecule has 1 saturated carbocycles. The lowest BCUT2D eigenvalue weighted by molar-refractivity contribution is 0.0821. The summed E-state index contributed by atoms with van der Waals surface area (Å²) in [6.07, 6.45) is 19.2. The molecule has 0 spiro atoms. The van der Waals surface area contributed by atoms with Crippen LogP contribution in [0.25, 0.3) is 0 Å². The van der Waals surface area contributed by atoms with Crippen molar-refractivity contribution in [1.29, 1.82) is 0 Å². The molecule has 0 aromatic rings. The monoisotopic (exact) mass is 308 g/mol. The van der Waals surface area contributed by atoms with Gasteiger partial charge in [-0.1, -0.05) is 86.0 Å². The molecule has 0 aromatic heterocycles. The van der Waals surface area contributed by atoms with Gasteiger partial charge in [0.25, 0.3) is 0 Å². The molecular weight excluding hydrogens is 264 g/mol. The van der Waals surface area contributed by atoms with Crippen molar-refractivity contribution in [2.75, 3.05) is 0 Å². The summed E-state index contributed by atoms with van der Waals surface area (Å²) in [6, 6.07) is 0. The molecular formula is C22H44. The maximum absolute atomic E-state index is 2.51. The maximum atomic E-state index is 2.51. The Hall–Kier alpha value is 0. The largest absolute Gasteiger partial charge is 0.0654 e. The molecule has 1 rings (SSSR count). The molecule has 0 bridgehead atoms. The summed E-state index contributed by atoms with van der Waals surface area (Å²) in [4.78, 5) is 0. The summed E-state index contributed by atoms with van der Waals surface area (Å²) in [6.45, 7) is 12.1. The van der Waals surface area contributed by atoms with Gasteiger partial charge in [0.15, 0.2) is 0 Å². The van der Waals surface area contributed by atoms with Gasteiger partial charge in [0, 0.05) is 0 Å². The lowest BCUT2D eigenvalue weighted by Gasteiger charge is -2.42. The molecule has 0 saturated heterocycles. The van der Waals surface area contributed by atoms with E-state index in [2.05, 4.69) is 34.6 Å². The molecule has 1 aliphatic carbocycles. The van der Waals surface area contributed by atoms with Crippen molar-refractivity contribution in [3.05, 3.63) is 0 Å². The molecule has 2 atom stereocenters. The molecule has 132 valence electrons. The minimum absolute atomic E-state index is 0.684. The van der Waals surface area contributed by atoms with Gasteiger partial charge in [0.1, 0.15) is 0 Å². The highest BCUT2D eigenvalue weighted by atomic mass is 14.4. The van der Waals surface area contributed by atoms with E-state index in [1.807, 2.05) is 0 Å². The second-order valence-corrected chi connectivity index (χ2v) is 8.80. The fraction of sp³-hybridized carbons (Fsp3) is 1.00. The van der Waals surface area contributed by atoms with Crippen LogP contribution in [0.4, 0.5) is 0 Å². The van der Waals surface area contributed by atoms with E-state index in [-0.39, 0.29) is 0 Å². The second kappa shape index (κ2) is 10.7. The van der Waals surface area contributed by atoms with E-state index in [1.165, 1.54) is 83.5 Å². The number of rotatable bonds is 12. The Morgan fingerprint density at radius 1 is 0.909 bits per heavy atom. The van der Waals surface area contributed by atoms with Crippen LogP contribution in [0.5, 0.6) is 0 Å². The average molecular weight is 309 g/mol. The van der Waals surface area contributed by atoms with Crippen molar-refractivity contribution in [3.8, 4) is 0 Å². The number of hydrogen-bond acceptors (Lipinski definition) is 0. The molecule has 0 heteroatoms. The summed E-state index contributed by atoms with van der Waals surface area (Å²) in [5, 5.41) is 0. The lowest BCUT2D eigenvalue weighted by atomic mass is 9.63. The molecule has 1 fully saturated rings. The Bertz CT molecular complexity index is 261. The van der Waals surface area contributed by atoms with E-state index in [1.54, 1.807) is 0 Å². The van der Waals surface area contributed by atoms with Crippen molar-refractivity contribution >= 4 is 0 Å². The fourth-order valence-electron chi connectivity index (χ4n) is 4.76. The predicted octanol–water partition coefficient (Wildman–Crippen LogP) is 8.01. The smallest absolute Gasteiger partial charge is 0.0267 e. The first-order valence-electron chi connectivity index (χ1n) is 10.5. The number of unbranched alkanes of at least 4 members (excludes halogenated alkanes) is 3. The van der Waals surface area contributed by atoms with Crippen LogP contribution in [-0.2, 0) is 0 Å². The SMILES string of the molecule is CCCCCCC(CCC(C)C)(CC(C)CC)C1CCCC1. The van der Waals surface area contributed by atoms with Crippen molar-refractivity contribution in [2.45, 2.75) is 118 Å². The van der Waals surface area contributed by atoms with E-state index in [4.69, 9.17) is 0 Å². The summed E-state index contributed by atoms with van der Waals surface area (Å²) >= 11 is 0. The zero-order valence-corrected chi connectivity index (χ0v) is 16.4. The summed E-state index contributed by atoms with van der Waals surface area (Å²) in [5.74, 6) is 2.83. The standard InChI is InChI=1S/C22H44/c1-6-8-9-12-16-22(17-15-19(3)4,18-20(5)7-2)21-13-10-11-14-21/h19-21H,6-18H2,1-5H3. The molecule has 0 amide bonds. The predicted molar refractivity (Wildman–Crippen MR) is 101 cm³/mol. The molecule has 1 aliphatic rings. The third-order valence-corrected chi connectivity index (χ3v) is 6.42. The lowest BCUT2D eigenvalue weighted by Crippen LogP contribution is -2.32. The van der Waals surface area contributed by atoms with E-state index in [0.29, 0.717) is 5.41 Å². The third-order valence-electron chi connectivity index (χ3n) is 6.42. The van der Waals surface area contributed by atoms with Crippen LogP contribution in [0.2, 0.25) is 0 Å². The minimum atomic E-state index is 0.684. The van der Waals surface area contributed by atoms with Gasteiger partial charge < -0.3 is 0 Å². The van der Waals surface area contributed by atoms with E-state index in [0.717, 1.165) is 17.8 Å². The van der Waals surface area contributed by atoms with Crippen LogP contribution in [0.15, 0.2) is 0 Å². The molecule has 0 radical (unpaired) electrons. The Morgan fingerprint density at radius 2 is 1.59 bits per heavy atom. The van der Waals surface area contributed by atoms with Gasteiger partial charge >= 0.3 is 0 Å². The summed E-state index contributed by atoms with van der Waals surface area (Å²) < 4.78 is 0. The average Bonchev–Trinajstić information content (AvgIpc) is 3.03. The van der Waals surface area contributed by atoms with Gasteiger partial charge in [-0.15, -0.1) is 0 Å². The van der Waals surface area contributed by atoms with Crippen molar-refractivity contribution in [3.63, 3.8) is 0 Å². The van der Waals surface area contributed by atoms with Gasteiger partial charge in [-0.3, -0.25) is 0 Å². The molecule has 0 heterocycles. The maximum Gasteiger partial charge on any atom is -0.0267 e. The number of hydrogen-bond donors (Lipinski definition) is 0. The normalized spacial score (nSPS) is 20.5. The van der Waals surface area contributed by atoms with E-state index in [9.17, 15) is 0 Å². The first-order valence-corrected chi connectivity index (χ1v) is 10.5. The van der Waals surface area contributed by atoms with Gasteiger partial charge in [-0.25, -0.2) is 0 Å². The van der Waals surface area contributed by atoms with Gasteiger partial charge in [0.2, 0.25) is 0 Å². The Labute approximate surface area is 141 Å². The van der Waals surface area contributed by atoms with Gasteiger partial charge in [-0.2, -0.15) is 0 Å². The molecule has 0 aromatic carbocycles. The Balaban J connectivity index is 2.78. The zero-order chi connectivity index (χ0) is 16.4. The second-order valence-electron chi connectivity index (χ2n) is 8.80. The molecule has 2 unspecified atom stereocenters. The van der Waals surface area contributed by atoms with Crippen LogP contribution in [0.1, 0.15) is 118 Å². The molecule has 0 aliphatic heterocycles. The highest BCUT2D eigenvalue weighted by Gasteiger charge is 2.39. The zero-order valence-electron chi connectivity index (χ0n) is 16.4. The van der Waals surface area contributed by atoms with Crippen LogP contribution in [0, 0.1) is 23.2 Å². The molecule has 0 nitrogen and oxygen atoms in total. The highest BCUT2D eigenvalue weighted by molar-refractivity contribution is 4.90. The molecule has 22 heavy (non-hydrogen) atoms. The fourth-order valence-corrected chi connectivity index (χ4v) is 4.76. The Morgan fingerprint density at radius 3 is 2.14 bits per heavy atom. The van der Waals surface area contributed by atoms with E-state index < -0.39 is 0 Å². The van der Waals surface area contributed by atoms with Gasteiger partial charge in [0.05, 0.1) is 0 Å². The third kappa shape index (κ3) is 6.63. The van der Waals surface area contributed by atoms with Crippen LogP contribution in [-0.4, -0.2) is 0 Å². The van der Waals surface area contributed by atoms with Crippen LogP contribution in [0.3, 0.4) is 0 Å². The van der Waals surface area contributed by atoms with Crippen molar-refractivity contribution in [2.24, 2.45) is 23.2 Å². The van der Waals surface area contributed by atoms with Crippen molar-refractivity contribution in [1.82, 2.24) is 0 Å². The first-order chi connectivity index (χ1) is 10.5. The van der Waals surface area contributed by atoms with Gasteiger partial charge in [-0.05, 0) is 55.3 Å².